The summed E-state index contributed by atoms with van der Waals surface area (Å²) in [7, 11) is 1.70. The highest BCUT2D eigenvalue weighted by Crippen LogP contribution is 2.24. The summed E-state index contributed by atoms with van der Waals surface area (Å²) in [5.74, 6) is 1.49. The minimum Gasteiger partial charge on any atom is -0.473 e. The predicted octanol–water partition coefficient (Wildman–Crippen LogP) is 2.43. The molecule has 1 aliphatic heterocycles. The van der Waals surface area contributed by atoms with E-state index >= 15 is 0 Å². The Labute approximate surface area is 138 Å². The van der Waals surface area contributed by atoms with Crippen molar-refractivity contribution in [2.75, 3.05) is 31.7 Å². The van der Waals surface area contributed by atoms with E-state index in [4.69, 9.17) is 14.2 Å². The zero-order chi connectivity index (χ0) is 16.1. The molecule has 6 heteroatoms. The molecule has 0 radical (unpaired) electrons. The van der Waals surface area contributed by atoms with Crippen LogP contribution in [0, 0.1) is 0 Å². The Morgan fingerprint density at radius 2 is 2.04 bits per heavy atom. The summed E-state index contributed by atoms with van der Waals surface area (Å²) in [4.78, 5) is 11.2. The lowest BCUT2D eigenvalue weighted by Crippen LogP contribution is -2.48. The largest absolute Gasteiger partial charge is 0.473 e. The van der Waals surface area contributed by atoms with E-state index in [1.54, 1.807) is 19.5 Å². The first-order valence-corrected chi connectivity index (χ1v) is 8.62. The number of hydrogen-bond acceptors (Lipinski definition) is 6. The van der Waals surface area contributed by atoms with E-state index < -0.39 is 0 Å². The van der Waals surface area contributed by atoms with Crippen molar-refractivity contribution < 1.29 is 14.2 Å². The molecular formula is C17H27N3O3. The van der Waals surface area contributed by atoms with Crippen molar-refractivity contribution in [1.82, 2.24) is 9.97 Å². The zero-order valence-electron chi connectivity index (χ0n) is 14.1. The summed E-state index contributed by atoms with van der Waals surface area (Å²) >= 11 is 0. The van der Waals surface area contributed by atoms with Gasteiger partial charge in [0.1, 0.15) is 6.10 Å². The van der Waals surface area contributed by atoms with Gasteiger partial charge in [-0.15, -0.1) is 0 Å². The van der Waals surface area contributed by atoms with Crippen molar-refractivity contribution in [2.24, 2.45) is 0 Å². The van der Waals surface area contributed by atoms with Crippen LogP contribution in [-0.4, -0.2) is 55.1 Å². The minimum atomic E-state index is 0.0634. The van der Waals surface area contributed by atoms with Gasteiger partial charge in [-0.2, -0.15) is 4.98 Å². The highest BCUT2D eigenvalue weighted by molar-refractivity contribution is 5.38. The van der Waals surface area contributed by atoms with Crippen LogP contribution in [0.4, 0.5) is 5.82 Å². The molecule has 3 rings (SSSR count). The maximum Gasteiger partial charge on any atom is 0.234 e. The van der Waals surface area contributed by atoms with E-state index in [2.05, 4.69) is 21.8 Å². The first kappa shape index (κ1) is 16.5. The second-order valence-electron chi connectivity index (χ2n) is 6.52. The zero-order valence-corrected chi connectivity index (χ0v) is 14.1. The Morgan fingerprint density at radius 1 is 1.22 bits per heavy atom. The van der Waals surface area contributed by atoms with E-state index in [9.17, 15) is 0 Å². The molecule has 128 valence electrons. The first-order chi connectivity index (χ1) is 11.2. The maximum atomic E-state index is 6.03. The number of rotatable bonds is 5. The van der Waals surface area contributed by atoms with Crippen molar-refractivity contribution in [3.05, 3.63) is 12.4 Å². The van der Waals surface area contributed by atoms with Crippen molar-refractivity contribution >= 4 is 5.82 Å². The molecular weight excluding hydrogens is 294 g/mol. The quantitative estimate of drug-likeness (QED) is 0.830. The topological polar surface area (TPSA) is 56.7 Å². The highest BCUT2D eigenvalue weighted by Gasteiger charge is 2.26. The van der Waals surface area contributed by atoms with Gasteiger partial charge < -0.3 is 19.1 Å². The van der Waals surface area contributed by atoms with E-state index in [1.165, 1.54) is 19.3 Å². The van der Waals surface area contributed by atoms with Gasteiger partial charge in [-0.1, -0.05) is 6.42 Å². The number of hydrogen-bond donors (Lipinski definition) is 0. The average Bonchev–Trinajstić information content (AvgIpc) is 2.56. The minimum absolute atomic E-state index is 0.0634. The summed E-state index contributed by atoms with van der Waals surface area (Å²) < 4.78 is 17.1. The molecule has 1 saturated carbocycles. The summed E-state index contributed by atoms with van der Waals surface area (Å²) in [6.45, 7) is 4.23. The second kappa shape index (κ2) is 7.93. The average molecular weight is 321 g/mol. The molecule has 2 fully saturated rings. The van der Waals surface area contributed by atoms with Crippen LogP contribution in [0.5, 0.6) is 5.88 Å². The predicted molar refractivity (Wildman–Crippen MR) is 88.0 cm³/mol. The highest BCUT2D eigenvalue weighted by atomic mass is 16.5. The van der Waals surface area contributed by atoms with E-state index in [0.29, 0.717) is 12.5 Å². The molecule has 1 aromatic rings. The van der Waals surface area contributed by atoms with Crippen LogP contribution in [0.3, 0.4) is 0 Å². The molecule has 23 heavy (non-hydrogen) atoms. The smallest absolute Gasteiger partial charge is 0.234 e. The number of morpholine rings is 1. The van der Waals surface area contributed by atoms with Crippen LogP contribution < -0.4 is 9.64 Å². The molecule has 0 amide bonds. The number of aromatic nitrogens is 2. The summed E-state index contributed by atoms with van der Waals surface area (Å²) in [5.41, 5.74) is 0. The van der Waals surface area contributed by atoms with Crippen LogP contribution in [0.25, 0.3) is 0 Å². The second-order valence-corrected chi connectivity index (χ2v) is 6.52. The fourth-order valence-corrected chi connectivity index (χ4v) is 3.41. The molecule has 1 aromatic heterocycles. The number of anilines is 1. The fraction of sp³-hybridized carbons (Fsp3) is 0.765. The van der Waals surface area contributed by atoms with Gasteiger partial charge in [0.15, 0.2) is 5.82 Å². The van der Waals surface area contributed by atoms with Crippen LogP contribution in [-0.2, 0) is 9.47 Å². The third-order valence-electron chi connectivity index (χ3n) is 4.44. The van der Waals surface area contributed by atoms with Gasteiger partial charge in [0.2, 0.25) is 5.88 Å². The Balaban J connectivity index is 1.65. The van der Waals surface area contributed by atoms with E-state index in [-0.39, 0.29) is 18.3 Å². The van der Waals surface area contributed by atoms with Crippen LogP contribution in [0.15, 0.2) is 12.4 Å². The summed E-state index contributed by atoms with van der Waals surface area (Å²) in [6, 6.07) is 0. The van der Waals surface area contributed by atoms with E-state index in [1.807, 2.05) is 0 Å². The van der Waals surface area contributed by atoms with Crippen LogP contribution >= 0.6 is 0 Å². The molecule has 0 aromatic carbocycles. The van der Waals surface area contributed by atoms with Crippen molar-refractivity contribution in [3.8, 4) is 5.88 Å². The van der Waals surface area contributed by atoms with Gasteiger partial charge in [-0.05, 0) is 32.6 Å². The SMILES string of the molecule is COCC1CN(c2cncc(OC3CCCCC3)n2)CC(C)O1. The lowest BCUT2D eigenvalue weighted by atomic mass is 9.98. The summed E-state index contributed by atoms with van der Waals surface area (Å²) in [6.07, 6.45) is 10.1. The van der Waals surface area contributed by atoms with Gasteiger partial charge >= 0.3 is 0 Å². The molecule has 6 nitrogen and oxygen atoms in total. The Morgan fingerprint density at radius 3 is 2.83 bits per heavy atom. The maximum absolute atomic E-state index is 6.03. The Hall–Kier alpha value is -1.40. The van der Waals surface area contributed by atoms with Crippen molar-refractivity contribution in [2.45, 2.75) is 57.3 Å². The van der Waals surface area contributed by atoms with Gasteiger partial charge in [-0.25, -0.2) is 0 Å². The number of nitrogens with zero attached hydrogens (tertiary/aromatic N) is 3. The normalized spacial score (nSPS) is 26.3. The molecule has 1 saturated heterocycles. The van der Waals surface area contributed by atoms with Gasteiger partial charge in [0.05, 0.1) is 31.2 Å². The molecule has 2 aliphatic rings. The monoisotopic (exact) mass is 321 g/mol. The third-order valence-corrected chi connectivity index (χ3v) is 4.44. The first-order valence-electron chi connectivity index (χ1n) is 8.62. The van der Waals surface area contributed by atoms with Gasteiger partial charge in [0, 0.05) is 20.2 Å². The number of methoxy groups -OCH3 is 1. The van der Waals surface area contributed by atoms with Crippen LogP contribution in [0.1, 0.15) is 39.0 Å². The van der Waals surface area contributed by atoms with Crippen molar-refractivity contribution in [3.63, 3.8) is 0 Å². The Kier molecular flexibility index (Phi) is 5.67. The Bertz CT molecular complexity index is 494. The summed E-state index contributed by atoms with van der Waals surface area (Å²) in [5, 5.41) is 0. The van der Waals surface area contributed by atoms with E-state index in [0.717, 1.165) is 31.7 Å². The lowest BCUT2D eigenvalue weighted by Gasteiger charge is -2.37. The molecule has 0 spiro atoms. The standard InChI is InChI=1S/C17H27N3O3/c1-13-10-20(11-15(22-13)12-21-2)16-8-18-9-17(19-16)23-14-6-4-3-5-7-14/h8-9,13-15H,3-7,10-12H2,1-2H3. The molecule has 2 heterocycles. The molecule has 0 bridgehead atoms. The fourth-order valence-electron chi connectivity index (χ4n) is 3.41. The van der Waals surface area contributed by atoms with Crippen LogP contribution in [0.2, 0.25) is 0 Å². The van der Waals surface area contributed by atoms with Gasteiger partial charge in [0.25, 0.3) is 0 Å². The molecule has 2 unspecified atom stereocenters. The third kappa shape index (κ3) is 4.54. The lowest BCUT2D eigenvalue weighted by molar-refractivity contribution is -0.0513. The van der Waals surface area contributed by atoms with Gasteiger partial charge in [-0.3, -0.25) is 4.98 Å². The van der Waals surface area contributed by atoms with Crippen molar-refractivity contribution in [1.29, 1.82) is 0 Å². The molecule has 2 atom stereocenters. The number of ether oxygens (including phenoxy) is 3. The molecule has 0 N–H and O–H groups in total. The molecule has 1 aliphatic carbocycles.